The predicted octanol–water partition coefficient (Wildman–Crippen LogP) is 4.32. The van der Waals surface area contributed by atoms with E-state index in [9.17, 15) is 9.18 Å². The van der Waals surface area contributed by atoms with Crippen LogP contribution in [0.15, 0.2) is 77.4 Å². The number of fused-ring (bicyclic) bond motifs is 1. The Bertz CT molecular complexity index is 1020. The Kier molecular flexibility index (Phi) is 3.43. The standard InChI is InChI=1S/C20H12FNO2/c21-17-11-4-2-7-14(17)12-18-20(23)24-19(22-18)16-10-5-8-13-6-1-3-9-15(13)16/h1-12H/b18-12+. The third-order valence-electron chi connectivity index (χ3n) is 3.84. The van der Waals surface area contributed by atoms with Gasteiger partial charge in [0.1, 0.15) is 5.82 Å². The van der Waals surface area contributed by atoms with Gasteiger partial charge in [-0.15, -0.1) is 0 Å². The van der Waals surface area contributed by atoms with E-state index in [2.05, 4.69) is 4.99 Å². The summed E-state index contributed by atoms with van der Waals surface area (Å²) in [5.74, 6) is -0.757. The summed E-state index contributed by atoms with van der Waals surface area (Å²) < 4.78 is 19.1. The van der Waals surface area contributed by atoms with E-state index in [-0.39, 0.29) is 11.6 Å². The molecule has 4 rings (SSSR count). The highest BCUT2D eigenvalue weighted by Gasteiger charge is 2.25. The number of aliphatic imine (C=N–C) groups is 1. The molecule has 3 aromatic rings. The average molecular weight is 317 g/mol. The Morgan fingerprint density at radius 2 is 1.67 bits per heavy atom. The number of ether oxygens (including phenoxy) is 1. The minimum atomic E-state index is -0.582. The van der Waals surface area contributed by atoms with E-state index >= 15 is 0 Å². The molecule has 24 heavy (non-hydrogen) atoms. The lowest BCUT2D eigenvalue weighted by Gasteiger charge is -2.04. The first kappa shape index (κ1) is 14.3. The highest BCUT2D eigenvalue weighted by molar-refractivity contribution is 6.17. The van der Waals surface area contributed by atoms with Crippen LogP contribution in [-0.4, -0.2) is 11.9 Å². The number of hydrogen-bond donors (Lipinski definition) is 0. The number of cyclic esters (lactones) is 1. The van der Waals surface area contributed by atoms with E-state index in [4.69, 9.17) is 4.74 Å². The van der Waals surface area contributed by atoms with Crippen molar-refractivity contribution in [2.24, 2.45) is 4.99 Å². The Hall–Kier alpha value is -3.27. The van der Waals surface area contributed by atoms with Crippen molar-refractivity contribution in [3.8, 4) is 0 Å². The molecule has 0 aromatic heterocycles. The van der Waals surface area contributed by atoms with Gasteiger partial charge < -0.3 is 4.74 Å². The molecule has 0 unspecified atom stereocenters. The summed E-state index contributed by atoms with van der Waals surface area (Å²) in [5.41, 5.74) is 1.12. The lowest BCUT2D eigenvalue weighted by Crippen LogP contribution is -2.05. The minimum Gasteiger partial charge on any atom is -0.402 e. The summed E-state index contributed by atoms with van der Waals surface area (Å²) in [6.07, 6.45) is 1.40. The molecule has 1 aliphatic rings. The molecule has 3 nitrogen and oxygen atoms in total. The molecule has 4 heteroatoms. The topological polar surface area (TPSA) is 38.7 Å². The van der Waals surface area contributed by atoms with Crippen LogP contribution in [0.25, 0.3) is 16.8 Å². The lowest BCUT2D eigenvalue weighted by molar-refractivity contribution is -0.129. The zero-order valence-corrected chi connectivity index (χ0v) is 12.6. The van der Waals surface area contributed by atoms with E-state index in [0.717, 1.165) is 16.3 Å². The Morgan fingerprint density at radius 1 is 0.917 bits per heavy atom. The van der Waals surface area contributed by atoms with E-state index in [1.165, 1.54) is 12.1 Å². The van der Waals surface area contributed by atoms with Gasteiger partial charge in [-0.1, -0.05) is 54.6 Å². The zero-order chi connectivity index (χ0) is 16.5. The number of nitrogens with zero attached hydrogens (tertiary/aromatic N) is 1. The molecule has 0 spiro atoms. The molecule has 116 valence electrons. The number of rotatable bonds is 2. The van der Waals surface area contributed by atoms with Crippen LogP contribution in [-0.2, 0) is 9.53 Å². The van der Waals surface area contributed by atoms with E-state index in [1.54, 1.807) is 18.2 Å². The van der Waals surface area contributed by atoms with E-state index < -0.39 is 11.8 Å². The van der Waals surface area contributed by atoms with Gasteiger partial charge in [0, 0.05) is 11.1 Å². The molecule has 0 saturated carbocycles. The molecule has 1 aliphatic heterocycles. The number of benzene rings is 3. The molecule has 0 atom stereocenters. The second-order valence-corrected chi connectivity index (χ2v) is 5.38. The molecular weight excluding hydrogens is 305 g/mol. The van der Waals surface area contributed by atoms with Gasteiger partial charge >= 0.3 is 5.97 Å². The lowest BCUT2D eigenvalue weighted by atomic mass is 10.0. The van der Waals surface area contributed by atoms with Gasteiger partial charge in [0.25, 0.3) is 0 Å². The second-order valence-electron chi connectivity index (χ2n) is 5.38. The summed E-state index contributed by atoms with van der Waals surface area (Å²) in [4.78, 5) is 16.3. The number of esters is 1. The summed E-state index contributed by atoms with van der Waals surface area (Å²) in [6.45, 7) is 0. The Morgan fingerprint density at radius 3 is 2.54 bits per heavy atom. The van der Waals surface area contributed by atoms with Gasteiger partial charge in [-0.25, -0.2) is 14.2 Å². The molecule has 0 fully saturated rings. The molecule has 0 aliphatic carbocycles. The van der Waals surface area contributed by atoms with Crippen LogP contribution in [0.2, 0.25) is 0 Å². The van der Waals surface area contributed by atoms with Crippen LogP contribution >= 0.6 is 0 Å². The fraction of sp³-hybridized carbons (Fsp3) is 0. The average Bonchev–Trinajstić information content (AvgIpc) is 2.97. The fourth-order valence-electron chi connectivity index (χ4n) is 2.68. The molecule has 0 radical (unpaired) electrons. The van der Waals surface area contributed by atoms with Gasteiger partial charge in [-0.05, 0) is 29.0 Å². The van der Waals surface area contributed by atoms with Crippen molar-refractivity contribution < 1.29 is 13.9 Å². The molecule has 0 bridgehead atoms. The number of halogens is 1. The maximum Gasteiger partial charge on any atom is 0.363 e. The third-order valence-corrected chi connectivity index (χ3v) is 3.84. The molecular formula is C20H12FNO2. The van der Waals surface area contributed by atoms with Gasteiger partial charge in [0.05, 0.1) is 0 Å². The smallest absolute Gasteiger partial charge is 0.363 e. The number of carbonyl (C=O) groups is 1. The predicted molar refractivity (Wildman–Crippen MR) is 91.0 cm³/mol. The first-order chi connectivity index (χ1) is 11.7. The van der Waals surface area contributed by atoms with Crippen LogP contribution in [0.1, 0.15) is 11.1 Å². The van der Waals surface area contributed by atoms with Crippen LogP contribution in [0.4, 0.5) is 4.39 Å². The van der Waals surface area contributed by atoms with Crippen molar-refractivity contribution in [2.75, 3.05) is 0 Å². The van der Waals surface area contributed by atoms with E-state index in [0.29, 0.717) is 5.56 Å². The highest BCUT2D eigenvalue weighted by Crippen LogP contribution is 2.25. The fourth-order valence-corrected chi connectivity index (χ4v) is 2.68. The van der Waals surface area contributed by atoms with Crippen LogP contribution < -0.4 is 0 Å². The Balaban J connectivity index is 1.80. The largest absolute Gasteiger partial charge is 0.402 e. The van der Waals surface area contributed by atoms with E-state index in [1.807, 2.05) is 42.5 Å². The van der Waals surface area contributed by atoms with Gasteiger partial charge in [-0.3, -0.25) is 0 Å². The maximum absolute atomic E-state index is 13.8. The number of carbonyl (C=O) groups excluding carboxylic acids is 1. The van der Waals surface area contributed by atoms with Gasteiger partial charge in [0.2, 0.25) is 5.90 Å². The SMILES string of the molecule is O=C1OC(c2cccc3ccccc23)=N/C1=C/c1ccccc1F. The third kappa shape index (κ3) is 2.48. The first-order valence-electron chi connectivity index (χ1n) is 7.47. The molecule has 0 N–H and O–H groups in total. The van der Waals surface area contributed by atoms with Crippen molar-refractivity contribution in [3.05, 3.63) is 89.4 Å². The second kappa shape index (κ2) is 5.74. The van der Waals surface area contributed by atoms with Crippen LogP contribution in [0, 0.1) is 5.82 Å². The summed E-state index contributed by atoms with van der Waals surface area (Å²) in [6, 6.07) is 19.7. The quantitative estimate of drug-likeness (QED) is 0.521. The van der Waals surface area contributed by atoms with Crippen molar-refractivity contribution in [1.29, 1.82) is 0 Å². The number of hydrogen-bond acceptors (Lipinski definition) is 3. The summed E-state index contributed by atoms with van der Waals surface area (Å²) in [7, 11) is 0. The zero-order valence-electron chi connectivity index (χ0n) is 12.6. The highest BCUT2D eigenvalue weighted by atomic mass is 19.1. The van der Waals surface area contributed by atoms with Crippen molar-refractivity contribution in [1.82, 2.24) is 0 Å². The first-order valence-corrected chi connectivity index (χ1v) is 7.47. The van der Waals surface area contributed by atoms with Crippen LogP contribution in [0.3, 0.4) is 0 Å². The van der Waals surface area contributed by atoms with Gasteiger partial charge in [0.15, 0.2) is 5.70 Å². The van der Waals surface area contributed by atoms with Crippen LogP contribution in [0.5, 0.6) is 0 Å². The monoisotopic (exact) mass is 317 g/mol. The van der Waals surface area contributed by atoms with Crippen molar-refractivity contribution in [3.63, 3.8) is 0 Å². The molecule has 3 aromatic carbocycles. The normalized spacial score (nSPS) is 15.6. The molecule has 1 heterocycles. The molecule has 0 amide bonds. The Labute approximate surface area is 137 Å². The van der Waals surface area contributed by atoms with Crippen molar-refractivity contribution in [2.45, 2.75) is 0 Å². The maximum atomic E-state index is 13.8. The summed E-state index contributed by atoms with van der Waals surface area (Å²) in [5, 5.41) is 1.97. The minimum absolute atomic E-state index is 0.0861. The molecule has 0 saturated heterocycles. The summed E-state index contributed by atoms with van der Waals surface area (Å²) >= 11 is 0. The van der Waals surface area contributed by atoms with Crippen molar-refractivity contribution >= 4 is 28.7 Å². The van der Waals surface area contributed by atoms with Gasteiger partial charge in [-0.2, -0.15) is 0 Å².